The van der Waals surface area contributed by atoms with E-state index in [0.717, 1.165) is 37.7 Å². The summed E-state index contributed by atoms with van der Waals surface area (Å²) in [6.45, 7) is 18.5. The van der Waals surface area contributed by atoms with E-state index in [4.69, 9.17) is 44.1 Å². The zero-order valence-electron chi connectivity index (χ0n) is 48.2. The second kappa shape index (κ2) is 24.4. The van der Waals surface area contributed by atoms with Gasteiger partial charge in [0.25, 0.3) is 11.8 Å². The molecule has 0 saturated carbocycles. The molecule has 0 radical (unpaired) electrons. The summed E-state index contributed by atoms with van der Waals surface area (Å²) in [7, 11) is 2.79. The summed E-state index contributed by atoms with van der Waals surface area (Å²) in [5, 5.41) is 16.8. The third kappa shape index (κ3) is 14.7. The van der Waals surface area contributed by atoms with Crippen molar-refractivity contribution in [3.63, 3.8) is 0 Å². The molecule has 2 aromatic carbocycles. The first-order chi connectivity index (χ1) is 38.7. The van der Waals surface area contributed by atoms with Crippen LogP contribution in [-0.2, 0) is 34.0 Å². The maximum absolute atomic E-state index is 13.5. The van der Waals surface area contributed by atoms with Crippen LogP contribution < -0.4 is 20.1 Å². The lowest BCUT2D eigenvalue weighted by molar-refractivity contribution is -0.0504. The summed E-state index contributed by atoms with van der Waals surface area (Å²) >= 11 is 0. The number of halogens is 4. The molecule has 2 aliphatic heterocycles. The van der Waals surface area contributed by atoms with Crippen molar-refractivity contribution in [1.82, 2.24) is 69.5 Å². The number of benzene rings is 2. The lowest BCUT2D eigenvalue weighted by atomic mass is 10.1. The van der Waals surface area contributed by atoms with Crippen molar-refractivity contribution >= 4 is 64.0 Å². The molecule has 2 amide bonds. The highest BCUT2D eigenvalue weighted by Crippen LogP contribution is 2.35. The number of carbonyl (C=O) groups excluding carboxylic acids is 2. The zero-order valence-corrected chi connectivity index (χ0v) is 49.2. The number of carbonyl (C=O) groups is 2. The summed E-state index contributed by atoms with van der Waals surface area (Å²) in [6.07, 6.45) is 6.22. The van der Waals surface area contributed by atoms with Crippen LogP contribution in [0.15, 0.2) is 61.2 Å². The number of H-pyrrole nitrogens is 1. The Hall–Kier alpha value is -7.10. The van der Waals surface area contributed by atoms with Gasteiger partial charge in [-0.25, -0.2) is 19.9 Å². The SMILES string of the molecule is CN1CCOC(Cn2nc(-c3cnc4[nH]cc(C(=O)NC(C)(C)C)c4n3)c3cc(OC(F)F)ccc32)C1.CN1CCOC(Cn2nc(-c3cnc4c(n3)c(C(=O)NC(C)(C)C)cn4COCC[Si](C)(C)C)c3cc(OC(F)F)ccc32)C1. The highest BCUT2D eigenvalue weighted by atomic mass is 28.3. The number of hydrogen-bond acceptors (Lipinski definition) is 15. The van der Waals surface area contributed by atoms with Gasteiger partial charge in [-0.1, -0.05) is 19.6 Å². The number of nitrogens with one attached hydrogen (secondary N) is 3. The molecular formula is C56H72F4N14O7Si. The van der Waals surface area contributed by atoms with Gasteiger partial charge in [-0.05, 0) is 98.1 Å². The van der Waals surface area contributed by atoms with Crippen LogP contribution in [0.2, 0.25) is 25.7 Å². The number of ether oxygens (including phenoxy) is 5. The molecule has 26 heteroatoms. The van der Waals surface area contributed by atoms with Gasteiger partial charge in [-0.3, -0.25) is 19.0 Å². The monoisotopic (exact) mass is 1160 g/mol. The number of amides is 2. The van der Waals surface area contributed by atoms with Gasteiger partial charge in [-0.15, -0.1) is 0 Å². The number of nitrogens with zero attached hydrogens (tertiary/aromatic N) is 11. The normalized spacial score (nSPS) is 16.8. The fourth-order valence-corrected chi connectivity index (χ4v) is 10.4. The van der Waals surface area contributed by atoms with Gasteiger partial charge in [0.15, 0.2) is 11.3 Å². The van der Waals surface area contributed by atoms with Crippen molar-refractivity contribution in [1.29, 1.82) is 0 Å². The Bertz CT molecular complexity index is 3570. The summed E-state index contributed by atoms with van der Waals surface area (Å²) in [5.41, 5.74) is 4.62. The fraction of sp³-hybridized carbons (Fsp3) is 0.500. The highest BCUT2D eigenvalue weighted by Gasteiger charge is 2.28. The second-order valence-electron chi connectivity index (χ2n) is 24.0. The minimum absolute atomic E-state index is 0.00727. The smallest absolute Gasteiger partial charge is 0.387 e. The molecule has 2 fully saturated rings. The maximum atomic E-state index is 13.5. The Labute approximate surface area is 473 Å². The topological polar surface area (TPSA) is 219 Å². The number of aromatic amines is 1. The van der Waals surface area contributed by atoms with E-state index < -0.39 is 32.4 Å². The first-order valence-corrected chi connectivity index (χ1v) is 30.9. The predicted molar refractivity (Wildman–Crippen MR) is 305 cm³/mol. The number of hydrogen-bond donors (Lipinski definition) is 3. The average molecular weight is 1160 g/mol. The maximum Gasteiger partial charge on any atom is 0.387 e. The van der Waals surface area contributed by atoms with E-state index >= 15 is 0 Å². The molecule has 0 spiro atoms. The Kier molecular flexibility index (Phi) is 17.7. The van der Waals surface area contributed by atoms with Crippen molar-refractivity contribution in [3.8, 4) is 34.3 Å². The third-order valence-electron chi connectivity index (χ3n) is 13.5. The Morgan fingerprint density at radius 1 is 0.732 bits per heavy atom. The van der Waals surface area contributed by atoms with Crippen molar-refractivity contribution in [2.45, 2.75) is 124 Å². The van der Waals surface area contributed by atoms with Crippen LogP contribution in [0, 0.1) is 0 Å². The predicted octanol–water partition coefficient (Wildman–Crippen LogP) is 8.66. The molecular weight excluding hydrogens is 1080 g/mol. The van der Waals surface area contributed by atoms with E-state index in [9.17, 15) is 27.2 Å². The van der Waals surface area contributed by atoms with Crippen molar-refractivity contribution in [2.75, 3.05) is 60.1 Å². The number of alkyl halides is 4. The number of fused-ring (bicyclic) bond motifs is 4. The highest BCUT2D eigenvalue weighted by molar-refractivity contribution is 6.76. The van der Waals surface area contributed by atoms with Gasteiger partial charge < -0.3 is 53.7 Å². The van der Waals surface area contributed by atoms with Gasteiger partial charge in [0.05, 0.1) is 73.1 Å². The lowest BCUT2D eigenvalue weighted by Gasteiger charge is -2.30. The largest absolute Gasteiger partial charge is 0.435 e. The minimum atomic E-state index is -2.97. The van der Waals surface area contributed by atoms with Crippen molar-refractivity contribution in [3.05, 3.63) is 72.3 Å². The van der Waals surface area contributed by atoms with Gasteiger partial charge in [0.1, 0.15) is 52.0 Å². The fourth-order valence-electron chi connectivity index (χ4n) is 9.63. The molecule has 3 N–H and O–H groups in total. The number of morpholine rings is 2. The lowest BCUT2D eigenvalue weighted by Crippen LogP contribution is -2.42. The quantitative estimate of drug-likeness (QED) is 0.0441. The molecule has 21 nitrogen and oxygen atoms in total. The van der Waals surface area contributed by atoms with E-state index in [1.807, 2.05) is 55.6 Å². The van der Waals surface area contributed by atoms with Gasteiger partial charge in [-0.2, -0.15) is 27.8 Å². The molecule has 6 aromatic heterocycles. The number of aromatic nitrogens is 10. The third-order valence-corrected chi connectivity index (χ3v) is 15.2. The van der Waals surface area contributed by atoms with E-state index in [1.54, 1.807) is 50.9 Å². The minimum Gasteiger partial charge on any atom is -0.435 e. The van der Waals surface area contributed by atoms with Crippen LogP contribution in [0.1, 0.15) is 62.3 Å². The van der Waals surface area contributed by atoms with Crippen LogP contribution in [0.5, 0.6) is 11.5 Å². The van der Waals surface area contributed by atoms with Crippen molar-refractivity contribution < 1.29 is 50.8 Å². The molecule has 2 saturated heterocycles. The Balaban J connectivity index is 0.000000201. The molecule has 8 heterocycles. The molecule has 0 bridgehead atoms. The molecule has 440 valence electrons. The van der Waals surface area contributed by atoms with Crippen LogP contribution in [-0.4, -0.2) is 175 Å². The number of rotatable bonds is 17. The molecule has 2 unspecified atom stereocenters. The van der Waals surface area contributed by atoms with Crippen LogP contribution >= 0.6 is 0 Å². The molecule has 82 heavy (non-hydrogen) atoms. The Morgan fingerprint density at radius 2 is 1.23 bits per heavy atom. The van der Waals surface area contributed by atoms with Crippen molar-refractivity contribution in [2.24, 2.45) is 0 Å². The van der Waals surface area contributed by atoms with Crippen LogP contribution in [0.4, 0.5) is 17.6 Å². The molecule has 2 atom stereocenters. The van der Waals surface area contributed by atoms with E-state index in [0.29, 0.717) is 105 Å². The molecule has 0 aliphatic carbocycles. The molecule has 8 aromatic rings. The van der Waals surface area contributed by atoms with Gasteiger partial charge in [0.2, 0.25) is 0 Å². The first-order valence-electron chi connectivity index (χ1n) is 27.2. The van der Waals surface area contributed by atoms with Gasteiger partial charge in [0, 0.05) is 75.1 Å². The van der Waals surface area contributed by atoms with Crippen LogP contribution in [0.3, 0.4) is 0 Å². The van der Waals surface area contributed by atoms with Gasteiger partial charge >= 0.3 is 13.2 Å². The second-order valence-corrected chi connectivity index (χ2v) is 29.7. The number of likely N-dealkylation sites (N-methyl/N-ethyl adjacent to an activating group) is 2. The summed E-state index contributed by atoms with van der Waals surface area (Å²) in [6, 6.07) is 10.4. The van der Waals surface area contributed by atoms with Crippen LogP contribution in [0.25, 0.3) is 66.9 Å². The Morgan fingerprint density at radius 3 is 1.72 bits per heavy atom. The van der Waals surface area contributed by atoms with E-state index in [2.05, 4.69) is 54.8 Å². The first kappa shape index (κ1) is 59.5. The van der Waals surface area contributed by atoms with E-state index in [-0.39, 0.29) is 42.3 Å². The zero-order chi connectivity index (χ0) is 58.8. The molecule has 2 aliphatic rings. The summed E-state index contributed by atoms with van der Waals surface area (Å²) in [4.78, 5) is 52.5. The standard InChI is InChI=1S/C31H43F2N7O4Si.C25H29F2N7O3/c1-31(2,3)36-29(41)23-18-39(19-42-12-13-45(5,6)7)28-27(23)35-24(15-34-28)26-22-14-20(44-30(32)33)8-9-25(22)40(37-26)17-21-16-38(4)10-11-43-21;1-25(2,3)31-23(35)17-10-28-22-21(17)30-18(11-29-22)20-16-9-14(37-24(26)27)5-6-19(16)34(32-20)13-15-12-33(4)7-8-36-15/h8-9,14-15,18,21,30H,10-13,16-17,19H2,1-7H3,(H,36,41);5-6,9-11,15,24H,7-8,12-13H2,1-4H3,(H,28,29)(H,31,35). The van der Waals surface area contributed by atoms with E-state index in [1.165, 1.54) is 24.3 Å². The average Bonchev–Trinajstić information content (AvgIpc) is 2.80. The summed E-state index contributed by atoms with van der Waals surface area (Å²) in [5.74, 6) is -0.557. The molecule has 10 rings (SSSR count). The summed E-state index contributed by atoms with van der Waals surface area (Å²) < 4.78 is 84.8.